The van der Waals surface area contributed by atoms with Crippen molar-refractivity contribution in [3.8, 4) is 0 Å². The molecule has 0 radical (unpaired) electrons. The fourth-order valence-corrected chi connectivity index (χ4v) is 1.78. The largest absolute Gasteiger partial charge is 0.465 e. The first kappa shape index (κ1) is 21.2. The topological polar surface area (TPSA) is 52.6 Å². The Labute approximate surface area is 138 Å². The molecule has 0 aromatic rings. The van der Waals surface area contributed by atoms with Crippen LogP contribution in [0.5, 0.6) is 0 Å². The molecule has 1 atom stereocenters. The highest BCUT2D eigenvalue weighted by Crippen LogP contribution is 2.45. The van der Waals surface area contributed by atoms with Gasteiger partial charge in [-0.25, -0.2) is 0 Å². The highest BCUT2D eigenvalue weighted by molar-refractivity contribution is 6.29. The van der Waals surface area contributed by atoms with E-state index in [1.54, 1.807) is 20.8 Å². The second-order valence-electron chi connectivity index (χ2n) is 9.52. The molecule has 0 spiro atoms. The first-order valence-electron chi connectivity index (χ1n) is 7.85. The Morgan fingerprint density at radius 3 is 1.36 bits per heavy atom. The summed E-state index contributed by atoms with van der Waals surface area (Å²) in [5.41, 5.74) is -1.09. The molecule has 4 nitrogen and oxygen atoms in total. The van der Waals surface area contributed by atoms with Gasteiger partial charge in [0, 0.05) is 10.2 Å². The van der Waals surface area contributed by atoms with E-state index >= 15 is 0 Å². The number of ether oxygens (including phenoxy) is 2. The highest BCUT2D eigenvalue weighted by Gasteiger charge is 2.50. The number of hydrogen-bond acceptors (Lipinski definition) is 4. The highest BCUT2D eigenvalue weighted by atomic mass is 28.1. The van der Waals surface area contributed by atoms with Gasteiger partial charge in [-0.2, -0.15) is 0 Å². The Balaban J connectivity index is 4.98. The SMILES string of the molecule is CC(C)(C)COC(=O)C(C)(C)C(C)([SiH3])C(=O)OCC(C)(C)C. The lowest BCUT2D eigenvalue weighted by atomic mass is 9.78. The molecule has 1 unspecified atom stereocenters. The first-order chi connectivity index (χ1) is 9.51. The van der Waals surface area contributed by atoms with Crippen LogP contribution in [0.15, 0.2) is 0 Å². The van der Waals surface area contributed by atoms with Gasteiger partial charge >= 0.3 is 11.9 Å². The molecule has 130 valence electrons. The van der Waals surface area contributed by atoms with Crippen LogP contribution >= 0.6 is 0 Å². The molecule has 0 amide bonds. The van der Waals surface area contributed by atoms with Crippen molar-refractivity contribution in [2.75, 3.05) is 13.2 Å². The van der Waals surface area contributed by atoms with E-state index < -0.39 is 10.5 Å². The van der Waals surface area contributed by atoms with E-state index in [0.717, 1.165) is 0 Å². The molecular formula is C17H34O4Si. The van der Waals surface area contributed by atoms with Gasteiger partial charge in [0.15, 0.2) is 0 Å². The van der Waals surface area contributed by atoms with Gasteiger partial charge in [0.25, 0.3) is 0 Å². The van der Waals surface area contributed by atoms with E-state index in [2.05, 4.69) is 0 Å². The lowest BCUT2D eigenvalue weighted by Gasteiger charge is -2.38. The summed E-state index contributed by atoms with van der Waals surface area (Å²) in [4.78, 5) is 24.9. The summed E-state index contributed by atoms with van der Waals surface area (Å²) in [5.74, 6) is -0.653. The second-order valence-corrected chi connectivity index (χ2v) is 11.5. The van der Waals surface area contributed by atoms with Crippen LogP contribution in [-0.2, 0) is 19.1 Å². The first-order valence-corrected chi connectivity index (χ1v) is 8.85. The zero-order chi connectivity index (χ0) is 18.0. The molecule has 0 rings (SSSR count). The van der Waals surface area contributed by atoms with E-state index in [4.69, 9.17) is 9.47 Å². The maximum absolute atomic E-state index is 12.5. The molecule has 0 saturated heterocycles. The Morgan fingerprint density at radius 2 is 1.05 bits per heavy atom. The predicted octanol–water partition coefficient (Wildman–Crippen LogP) is 2.74. The molecule has 0 aliphatic carbocycles. The van der Waals surface area contributed by atoms with Crippen molar-refractivity contribution in [2.45, 2.75) is 67.4 Å². The minimum atomic E-state index is -0.903. The van der Waals surface area contributed by atoms with Crippen molar-refractivity contribution in [2.24, 2.45) is 16.2 Å². The minimum absolute atomic E-state index is 0.0931. The van der Waals surface area contributed by atoms with Crippen LogP contribution in [0.3, 0.4) is 0 Å². The van der Waals surface area contributed by atoms with E-state index in [0.29, 0.717) is 23.5 Å². The summed E-state index contributed by atoms with van der Waals surface area (Å²) >= 11 is 0. The van der Waals surface area contributed by atoms with Crippen LogP contribution in [-0.4, -0.2) is 35.4 Å². The average molecular weight is 331 g/mol. The lowest BCUT2D eigenvalue weighted by molar-refractivity contribution is -0.168. The summed E-state index contributed by atoms with van der Waals surface area (Å²) in [7, 11) is 0.510. The van der Waals surface area contributed by atoms with Gasteiger partial charge in [0.1, 0.15) is 0 Å². The maximum atomic E-state index is 12.5. The summed E-state index contributed by atoms with van der Waals surface area (Å²) in [6, 6.07) is 0. The summed E-state index contributed by atoms with van der Waals surface area (Å²) < 4.78 is 10.9. The minimum Gasteiger partial charge on any atom is -0.465 e. The van der Waals surface area contributed by atoms with Crippen molar-refractivity contribution in [3.05, 3.63) is 0 Å². The van der Waals surface area contributed by atoms with Crippen molar-refractivity contribution in [3.63, 3.8) is 0 Å². The Hall–Kier alpha value is -0.843. The molecule has 22 heavy (non-hydrogen) atoms. The van der Waals surface area contributed by atoms with Crippen LogP contribution in [0.4, 0.5) is 0 Å². The Kier molecular flexibility index (Phi) is 6.47. The molecule has 0 fully saturated rings. The van der Waals surface area contributed by atoms with Gasteiger partial charge in [-0.1, -0.05) is 48.5 Å². The molecule has 5 heteroatoms. The van der Waals surface area contributed by atoms with Gasteiger partial charge in [0.05, 0.1) is 23.7 Å². The van der Waals surface area contributed by atoms with Gasteiger partial charge < -0.3 is 9.47 Å². The molecule has 0 aliphatic heterocycles. The van der Waals surface area contributed by atoms with E-state index in [9.17, 15) is 9.59 Å². The van der Waals surface area contributed by atoms with Crippen molar-refractivity contribution in [1.29, 1.82) is 0 Å². The number of carbonyl (C=O) groups excluding carboxylic acids is 2. The third-order valence-corrected chi connectivity index (χ3v) is 5.51. The molecular weight excluding hydrogens is 296 g/mol. The summed E-state index contributed by atoms with van der Waals surface area (Å²) in [6.07, 6.45) is 0. The molecule has 0 aromatic heterocycles. The molecule has 0 heterocycles. The van der Waals surface area contributed by atoms with Crippen molar-refractivity contribution in [1.82, 2.24) is 0 Å². The van der Waals surface area contributed by atoms with Gasteiger partial charge in [-0.15, -0.1) is 0 Å². The van der Waals surface area contributed by atoms with Gasteiger partial charge in [0.2, 0.25) is 0 Å². The van der Waals surface area contributed by atoms with E-state index in [1.807, 2.05) is 41.5 Å². The number of rotatable bonds is 5. The van der Waals surface area contributed by atoms with Crippen LogP contribution in [0.2, 0.25) is 5.04 Å². The van der Waals surface area contributed by atoms with Crippen LogP contribution < -0.4 is 0 Å². The molecule has 0 saturated carbocycles. The van der Waals surface area contributed by atoms with Gasteiger partial charge in [-0.05, 0) is 24.7 Å². The summed E-state index contributed by atoms with van der Waals surface area (Å²) in [5, 5.41) is -0.826. The maximum Gasteiger partial charge on any atom is 0.312 e. The summed E-state index contributed by atoms with van der Waals surface area (Å²) in [6.45, 7) is 18.0. The molecule has 0 aliphatic rings. The standard InChI is InChI=1S/C17H34O4Si/c1-14(2,3)10-20-12(18)16(7,8)17(9,22)13(19)21-11-15(4,5)6/h10-11H2,1-9,22H3. The molecule has 0 N–H and O–H groups in total. The Bertz CT molecular complexity index is 371. The zero-order valence-electron chi connectivity index (χ0n) is 16.0. The zero-order valence-corrected chi connectivity index (χ0v) is 18.0. The molecule has 0 bridgehead atoms. The van der Waals surface area contributed by atoms with Crippen LogP contribution in [0, 0.1) is 16.2 Å². The fraction of sp³-hybridized carbons (Fsp3) is 0.882. The van der Waals surface area contributed by atoms with Crippen molar-refractivity contribution < 1.29 is 19.1 Å². The molecule has 0 aromatic carbocycles. The average Bonchev–Trinajstić information content (AvgIpc) is 2.30. The van der Waals surface area contributed by atoms with Crippen LogP contribution in [0.25, 0.3) is 0 Å². The third kappa shape index (κ3) is 6.11. The predicted molar refractivity (Wildman–Crippen MR) is 92.9 cm³/mol. The van der Waals surface area contributed by atoms with Crippen LogP contribution in [0.1, 0.15) is 62.3 Å². The number of carbonyl (C=O) groups is 2. The smallest absolute Gasteiger partial charge is 0.312 e. The second kappa shape index (κ2) is 6.73. The lowest BCUT2D eigenvalue weighted by Crippen LogP contribution is -2.45. The van der Waals surface area contributed by atoms with Gasteiger partial charge in [-0.3, -0.25) is 9.59 Å². The fourth-order valence-electron chi connectivity index (χ4n) is 1.44. The monoisotopic (exact) mass is 330 g/mol. The quantitative estimate of drug-likeness (QED) is 0.574. The normalized spacial score (nSPS) is 16.0. The third-order valence-electron chi connectivity index (χ3n) is 3.86. The van der Waals surface area contributed by atoms with Crippen molar-refractivity contribution >= 4 is 22.2 Å². The number of esters is 2. The Morgan fingerprint density at radius 1 is 0.727 bits per heavy atom. The van der Waals surface area contributed by atoms with E-state index in [-0.39, 0.29) is 22.8 Å². The van der Waals surface area contributed by atoms with E-state index in [1.165, 1.54) is 0 Å². The number of hydrogen-bond donors (Lipinski definition) is 0.